The standard InChI is InChI=1S/C11H9NO4/c1-6-12-8-4-3-7(5-9(8)16-6)10(13)11(14)15-2/h3-5H,1-2H3. The number of carbonyl (C=O) groups excluding carboxylic acids is 2. The highest BCUT2D eigenvalue weighted by Gasteiger charge is 2.17. The summed E-state index contributed by atoms with van der Waals surface area (Å²) < 4.78 is 9.61. The maximum absolute atomic E-state index is 11.5. The number of ketones is 1. The number of carbonyl (C=O) groups is 2. The van der Waals surface area contributed by atoms with Crippen molar-refractivity contribution in [1.82, 2.24) is 4.98 Å². The number of Topliss-reactive ketones (excluding diaryl/α,β-unsaturated/α-hetero) is 1. The average molecular weight is 219 g/mol. The van der Waals surface area contributed by atoms with Gasteiger partial charge >= 0.3 is 5.97 Å². The summed E-state index contributed by atoms with van der Waals surface area (Å²) in [5.74, 6) is -1.08. The normalized spacial score (nSPS) is 10.4. The zero-order valence-corrected chi connectivity index (χ0v) is 8.81. The fraction of sp³-hybridized carbons (Fsp3) is 0.182. The van der Waals surface area contributed by atoms with Gasteiger partial charge in [0.15, 0.2) is 11.5 Å². The number of methoxy groups -OCH3 is 1. The second kappa shape index (κ2) is 3.77. The molecule has 0 saturated heterocycles. The van der Waals surface area contributed by atoms with Gasteiger partial charge in [-0.2, -0.15) is 0 Å². The van der Waals surface area contributed by atoms with Gasteiger partial charge in [-0.15, -0.1) is 0 Å². The van der Waals surface area contributed by atoms with Gasteiger partial charge in [0.2, 0.25) is 0 Å². The molecule has 0 aliphatic carbocycles. The van der Waals surface area contributed by atoms with E-state index in [1.54, 1.807) is 13.0 Å². The number of hydrogen-bond acceptors (Lipinski definition) is 5. The number of rotatable bonds is 2. The predicted molar refractivity (Wildman–Crippen MR) is 55.1 cm³/mol. The highest BCUT2D eigenvalue weighted by atomic mass is 16.5. The maximum atomic E-state index is 11.5. The van der Waals surface area contributed by atoms with Gasteiger partial charge in [-0.1, -0.05) is 0 Å². The first-order valence-electron chi connectivity index (χ1n) is 4.61. The van der Waals surface area contributed by atoms with Gasteiger partial charge in [-0.25, -0.2) is 9.78 Å². The van der Waals surface area contributed by atoms with E-state index in [0.717, 1.165) is 7.11 Å². The van der Waals surface area contributed by atoms with Crippen molar-refractivity contribution in [2.24, 2.45) is 0 Å². The molecule has 16 heavy (non-hydrogen) atoms. The van der Waals surface area contributed by atoms with Crippen molar-refractivity contribution < 1.29 is 18.7 Å². The van der Waals surface area contributed by atoms with E-state index in [0.29, 0.717) is 17.0 Å². The molecule has 0 spiro atoms. The molecule has 1 aromatic carbocycles. The third-order valence-electron chi connectivity index (χ3n) is 2.13. The van der Waals surface area contributed by atoms with Crippen molar-refractivity contribution >= 4 is 22.9 Å². The third-order valence-corrected chi connectivity index (χ3v) is 2.13. The van der Waals surface area contributed by atoms with E-state index in [-0.39, 0.29) is 5.56 Å². The van der Waals surface area contributed by atoms with Crippen LogP contribution in [0.15, 0.2) is 22.6 Å². The first-order valence-corrected chi connectivity index (χ1v) is 4.61. The van der Waals surface area contributed by atoms with Crippen molar-refractivity contribution in [3.05, 3.63) is 29.7 Å². The van der Waals surface area contributed by atoms with Crippen LogP contribution in [-0.4, -0.2) is 23.8 Å². The van der Waals surface area contributed by atoms with Crippen molar-refractivity contribution in [2.45, 2.75) is 6.92 Å². The minimum atomic E-state index is -0.893. The number of fused-ring (bicyclic) bond motifs is 1. The first-order chi connectivity index (χ1) is 7.61. The van der Waals surface area contributed by atoms with E-state index < -0.39 is 11.8 Å². The van der Waals surface area contributed by atoms with Gasteiger partial charge in [0.1, 0.15) is 5.52 Å². The number of esters is 1. The van der Waals surface area contributed by atoms with Crippen LogP contribution >= 0.6 is 0 Å². The molecule has 0 aliphatic rings. The summed E-state index contributed by atoms with van der Waals surface area (Å²) in [5, 5.41) is 0. The predicted octanol–water partition coefficient (Wildman–Crippen LogP) is 1.49. The number of benzene rings is 1. The molecule has 0 atom stereocenters. The molecule has 0 bridgehead atoms. The quantitative estimate of drug-likeness (QED) is 0.435. The molecule has 1 aromatic heterocycles. The zero-order valence-electron chi connectivity index (χ0n) is 8.81. The Morgan fingerprint density at radius 1 is 1.38 bits per heavy atom. The van der Waals surface area contributed by atoms with Crippen LogP contribution in [0.3, 0.4) is 0 Å². The van der Waals surface area contributed by atoms with Gasteiger partial charge in [0.05, 0.1) is 7.11 Å². The Labute approximate surface area is 91.0 Å². The fourth-order valence-electron chi connectivity index (χ4n) is 1.39. The molecule has 82 valence electrons. The van der Waals surface area contributed by atoms with E-state index in [1.807, 2.05) is 0 Å². The monoisotopic (exact) mass is 219 g/mol. The molecule has 0 fully saturated rings. The lowest BCUT2D eigenvalue weighted by Gasteiger charge is -1.97. The summed E-state index contributed by atoms with van der Waals surface area (Å²) in [4.78, 5) is 26.6. The molecule has 5 nitrogen and oxygen atoms in total. The van der Waals surface area contributed by atoms with Crippen LogP contribution in [0.25, 0.3) is 11.1 Å². The summed E-state index contributed by atoms with van der Waals surface area (Å²) in [5.41, 5.74) is 1.36. The van der Waals surface area contributed by atoms with Crippen LogP contribution in [0.4, 0.5) is 0 Å². The zero-order chi connectivity index (χ0) is 11.7. The molecule has 5 heteroatoms. The number of ether oxygens (including phenoxy) is 1. The van der Waals surface area contributed by atoms with Crippen molar-refractivity contribution in [3.63, 3.8) is 0 Å². The minimum absolute atomic E-state index is 0.232. The molecule has 0 saturated carbocycles. The third kappa shape index (κ3) is 1.67. The van der Waals surface area contributed by atoms with Crippen LogP contribution < -0.4 is 0 Å². The Morgan fingerprint density at radius 3 is 2.81 bits per heavy atom. The number of nitrogens with zero attached hydrogens (tertiary/aromatic N) is 1. The average Bonchev–Trinajstić information content (AvgIpc) is 2.65. The molecule has 0 unspecified atom stereocenters. The summed E-state index contributed by atoms with van der Waals surface area (Å²) in [6, 6.07) is 4.63. The molecular weight excluding hydrogens is 210 g/mol. The molecule has 2 rings (SSSR count). The van der Waals surface area contributed by atoms with Crippen LogP contribution in [0.5, 0.6) is 0 Å². The van der Waals surface area contributed by atoms with Crippen LogP contribution in [-0.2, 0) is 9.53 Å². The van der Waals surface area contributed by atoms with Crippen molar-refractivity contribution in [3.8, 4) is 0 Å². The van der Waals surface area contributed by atoms with E-state index in [4.69, 9.17) is 4.42 Å². The molecule has 0 radical (unpaired) electrons. The summed E-state index contributed by atoms with van der Waals surface area (Å²) in [6.45, 7) is 1.71. The van der Waals surface area contributed by atoms with Gasteiger partial charge < -0.3 is 9.15 Å². The Hall–Kier alpha value is -2.17. The number of oxazole rings is 1. The summed E-state index contributed by atoms with van der Waals surface area (Å²) in [6.07, 6.45) is 0. The highest BCUT2D eigenvalue weighted by molar-refractivity contribution is 6.40. The fourth-order valence-corrected chi connectivity index (χ4v) is 1.39. The SMILES string of the molecule is COC(=O)C(=O)c1ccc2nc(C)oc2c1. The van der Waals surface area contributed by atoms with Crippen molar-refractivity contribution in [1.29, 1.82) is 0 Å². The lowest BCUT2D eigenvalue weighted by molar-refractivity contribution is -0.135. The molecule has 1 heterocycles. The number of aryl methyl sites for hydroxylation is 1. The molecule has 0 N–H and O–H groups in total. The van der Waals surface area contributed by atoms with Crippen LogP contribution in [0.2, 0.25) is 0 Å². The van der Waals surface area contributed by atoms with Gasteiger partial charge in [-0.05, 0) is 18.2 Å². The smallest absolute Gasteiger partial charge is 0.379 e. The summed E-state index contributed by atoms with van der Waals surface area (Å²) >= 11 is 0. The number of aromatic nitrogens is 1. The maximum Gasteiger partial charge on any atom is 0.379 e. The van der Waals surface area contributed by atoms with Crippen LogP contribution in [0.1, 0.15) is 16.2 Å². The minimum Gasteiger partial charge on any atom is -0.463 e. The van der Waals surface area contributed by atoms with E-state index in [1.165, 1.54) is 12.1 Å². The topological polar surface area (TPSA) is 69.4 Å². The molecule has 2 aromatic rings. The van der Waals surface area contributed by atoms with Crippen LogP contribution in [0, 0.1) is 6.92 Å². The summed E-state index contributed by atoms with van der Waals surface area (Å²) in [7, 11) is 1.16. The van der Waals surface area contributed by atoms with E-state index >= 15 is 0 Å². The Morgan fingerprint density at radius 2 is 2.12 bits per heavy atom. The second-order valence-corrected chi connectivity index (χ2v) is 3.24. The Kier molecular flexibility index (Phi) is 2.44. The van der Waals surface area contributed by atoms with E-state index in [2.05, 4.69) is 9.72 Å². The Balaban J connectivity index is 2.46. The first kappa shape index (κ1) is 10.4. The molecule has 0 amide bonds. The lowest BCUT2D eigenvalue weighted by atomic mass is 10.1. The molecule has 0 aliphatic heterocycles. The second-order valence-electron chi connectivity index (χ2n) is 3.24. The Bertz CT molecular complexity index is 570. The lowest BCUT2D eigenvalue weighted by Crippen LogP contribution is -2.15. The van der Waals surface area contributed by atoms with Gasteiger partial charge in [-0.3, -0.25) is 4.79 Å². The van der Waals surface area contributed by atoms with E-state index in [9.17, 15) is 9.59 Å². The highest BCUT2D eigenvalue weighted by Crippen LogP contribution is 2.17. The largest absolute Gasteiger partial charge is 0.463 e. The van der Waals surface area contributed by atoms with Gasteiger partial charge in [0, 0.05) is 12.5 Å². The number of hydrogen-bond donors (Lipinski definition) is 0. The van der Waals surface area contributed by atoms with Gasteiger partial charge in [0.25, 0.3) is 5.78 Å². The molecular formula is C11H9NO4. The van der Waals surface area contributed by atoms with Crippen molar-refractivity contribution in [2.75, 3.05) is 7.11 Å².